The maximum atomic E-state index is 12.6. The Kier molecular flexibility index (Phi) is 4.49. The summed E-state index contributed by atoms with van der Waals surface area (Å²) < 4.78 is 34.2. The number of carbonyl (C=O) groups is 2. The van der Waals surface area contributed by atoms with Gasteiger partial charge < -0.3 is 19.7 Å². The number of benzene rings is 1. The van der Waals surface area contributed by atoms with Crippen molar-refractivity contribution in [1.82, 2.24) is 4.90 Å². The summed E-state index contributed by atoms with van der Waals surface area (Å²) in [6.45, 7) is 0.965. The van der Waals surface area contributed by atoms with Crippen molar-refractivity contribution in [3.05, 3.63) is 18.2 Å². The first-order chi connectivity index (χ1) is 12.8. The molecule has 27 heavy (non-hydrogen) atoms. The molecule has 2 aliphatic heterocycles. The van der Waals surface area contributed by atoms with Gasteiger partial charge in [-0.15, -0.1) is 0 Å². The smallest absolute Gasteiger partial charge is 0.228 e. The average molecular weight is 394 g/mol. The second kappa shape index (κ2) is 6.70. The fourth-order valence-electron chi connectivity index (χ4n) is 3.64. The Labute approximate surface area is 157 Å². The highest BCUT2D eigenvalue weighted by Gasteiger charge is 2.50. The van der Waals surface area contributed by atoms with E-state index in [0.29, 0.717) is 43.2 Å². The van der Waals surface area contributed by atoms with E-state index in [2.05, 4.69) is 5.32 Å². The van der Waals surface area contributed by atoms with E-state index in [-0.39, 0.29) is 41.2 Å². The minimum absolute atomic E-state index is 0.00994. The van der Waals surface area contributed by atoms with Gasteiger partial charge in [0.15, 0.2) is 21.3 Å². The molecule has 0 radical (unpaired) electrons. The summed E-state index contributed by atoms with van der Waals surface area (Å²) in [6.07, 6.45) is 0.949. The lowest BCUT2D eigenvalue weighted by atomic mass is 10.2. The van der Waals surface area contributed by atoms with Gasteiger partial charge in [0.1, 0.15) is 13.2 Å². The van der Waals surface area contributed by atoms with Crippen LogP contribution in [0.15, 0.2) is 18.2 Å². The second-order valence-electron chi connectivity index (χ2n) is 7.30. The summed E-state index contributed by atoms with van der Waals surface area (Å²) in [7, 11) is -1.43. The first-order valence-electron chi connectivity index (χ1n) is 9.02. The zero-order valence-electron chi connectivity index (χ0n) is 15.0. The summed E-state index contributed by atoms with van der Waals surface area (Å²) in [4.78, 5) is 26.5. The molecule has 2 amide bonds. The molecule has 0 aromatic heterocycles. The van der Waals surface area contributed by atoms with E-state index in [9.17, 15) is 18.0 Å². The highest BCUT2D eigenvalue weighted by Crippen LogP contribution is 2.42. The lowest BCUT2D eigenvalue weighted by Gasteiger charge is -2.23. The Balaban J connectivity index is 1.34. The van der Waals surface area contributed by atoms with E-state index >= 15 is 0 Å². The van der Waals surface area contributed by atoms with Crippen LogP contribution in [-0.2, 0) is 19.4 Å². The van der Waals surface area contributed by atoms with Crippen LogP contribution in [0.2, 0.25) is 0 Å². The quantitative estimate of drug-likeness (QED) is 0.806. The third-order valence-electron chi connectivity index (χ3n) is 5.36. The molecule has 1 aromatic carbocycles. The summed E-state index contributed by atoms with van der Waals surface area (Å²) in [5, 5.41) is 2.82. The SMILES string of the molecule is CN(C(=O)C1CC1C(=O)Nc1ccc2c(c1)OCCO2)C1CCS(=O)(=O)C1. The number of sulfone groups is 1. The number of hydrogen-bond donors (Lipinski definition) is 1. The molecule has 1 saturated carbocycles. The lowest BCUT2D eigenvalue weighted by molar-refractivity contribution is -0.134. The van der Waals surface area contributed by atoms with E-state index in [1.807, 2.05) is 0 Å². The van der Waals surface area contributed by atoms with Gasteiger partial charge in [-0.1, -0.05) is 0 Å². The van der Waals surface area contributed by atoms with Crippen LogP contribution in [0.3, 0.4) is 0 Å². The molecule has 2 fully saturated rings. The van der Waals surface area contributed by atoms with Crippen molar-refractivity contribution in [2.75, 3.05) is 37.1 Å². The standard InChI is InChI=1S/C18H22N2O6S/c1-20(12-4-7-27(23,24)10-12)18(22)14-9-13(14)17(21)19-11-2-3-15-16(8-11)26-6-5-25-15/h2-3,8,12-14H,4-7,9-10H2,1H3,(H,19,21). The summed E-state index contributed by atoms with van der Waals surface area (Å²) in [6, 6.07) is 4.90. The van der Waals surface area contributed by atoms with Crippen LogP contribution < -0.4 is 14.8 Å². The van der Waals surface area contributed by atoms with Crippen LogP contribution in [-0.4, -0.2) is 62.9 Å². The molecule has 9 heteroatoms. The molecule has 1 aliphatic carbocycles. The van der Waals surface area contributed by atoms with Crippen LogP contribution in [0.5, 0.6) is 11.5 Å². The second-order valence-corrected chi connectivity index (χ2v) is 9.53. The Bertz CT molecular complexity index is 884. The predicted molar refractivity (Wildman–Crippen MR) is 97.5 cm³/mol. The predicted octanol–water partition coefficient (Wildman–Crippen LogP) is 0.678. The first-order valence-corrected chi connectivity index (χ1v) is 10.8. The van der Waals surface area contributed by atoms with Crippen molar-refractivity contribution in [2.24, 2.45) is 11.8 Å². The molecule has 2 heterocycles. The molecule has 3 aliphatic rings. The Morgan fingerprint density at radius 2 is 1.89 bits per heavy atom. The van der Waals surface area contributed by atoms with Crippen molar-refractivity contribution in [2.45, 2.75) is 18.9 Å². The van der Waals surface area contributed by atoms with E-state index in [4.69, 9.17) is 9.47 Å². The van der Waals surface area contributed by atoms with E-state index in [0.717, 1.165) is 0 Å². The normalized spacial score (nSPS) is 27.7. The monoisotopic (exact) mass is 394 g/mol. The number of amides is 2. The molecule has 0 bridgehead atoms. The minimum Gasteiger partial charge on any atom is -0.486 e. The van der Waals surface area contributed by atoms with Gasteiger partial charge in [-0.3, -0.25) is 9.59 Å². The number of rotatable bonds is 4. The van der Waals surface area contributed by atoms with Gasteiger partial charge in [-0.25, -0.2) is 8.42 Å². The topological polar surface area (TPSA) is 102 Å². The number of ether oxygens (including phenoxy) is 2. The van der Waals surface area contributed by atoms with Gasteiger partial charge in [-0.05, 0) is 25.0 Å². The summed E-state index contributed by atoms with van der Waals surface area (Å²) >= 11 is 0. The molecule has 4 rings (SSSR count). The molecule has 3 atom stereocenters. The van der Waals surface area contributed by atoms with E-state index in [1.165, 1.54) is 4.90 Å². The molecule has 0 spiro atoms. The van der Waals surface area contributed by atoms with Gasteiger partial charge in [0.25, 0.3) is 0 Å². The van der Waals surface area contributed by atoms with Gasteiger partial charge in [0.2, 0.25) is 11.8 Å². The zero-order valence-corrected chi connectivity index (χ0v) is 15.8. The fourth-order valence-corrected chi connectivity index (χ4v) is 5.41. The number of nitrogens with zero attached hydrogens (tertiary/aromatic N) is 1. The zero-order chi connectivity index (χ0) is 19.2. The molecular weight excluding hydrogens is 372 g/mol. The maximum absolute atomic E-state index is 12.6. The number of hydrogen-bond acceptors (Lipinski definition) is 6. The number of fused-ring (bicyclic) bond motifs is 1. The van der Waals surface area contributed by atoms with Crippen LogP contribution in [0.25, 0.3) is 0 Å². The average Bonchev–Trinajstić information content (AvgIpc) is 3.37. The number of anilines is 1. The molecule has 1 aromatic rings. The van der Waals surface area contributed by atoms with E-state index in [1.54, 1.807) is 25.2 Å². The van der Waals surface area contributed by atoms with Crippen LogP contribution in [0, 0.1) is 11.8 Å². The Morgan fingerprint density at radius 1 is 1.15 bits per heavy atom. The fraction of sp³-hybridized carbons (Fsp3) is 0.556. The first kappa shape index (κ1) is 18.1. The van der Waals surface area contributed by atoms with E-state index < -0.39 is 9.84 Å². The molecule has 1 saturated heterocycles. The van der Waals surface area contributed by atoms with Crippen molar-refractivity contribution in [1.29, 1.82) is 0 Å². The van der Waals surface area contributed by atoms with Crippen LogP contribution in [0.1, 0.15) is 12.8 Å². The summed E-state index contributed by atoms with van der Waals surface area (Å²) in [5.41, 5.74) is 0.595. The van der Waals surface area contributed by atoms with Gasteiger partial charge in [0, 0.05) is 24.8 Å². The molecule has 3 unspecified atom stereocenters. The number of nitrogens with one attached hydrogen (secondary N) is 1. The van der Waals surface area contributed by atoms with Crippen LogP contribution in [0.4, 0.5) is 5.69 Å². The molecule has 8 nitrogen and oxygen atoms in total. The maximum Gasteiger partial charge on any atom is 0.228 e. The van der Waals surface area contributed by atoms with Crippen molar-refractivity contribution in [3.8, 4) is 11.5 Å². The van der Waals surface area contributed by atoms with Gasteiger partial charge in [0.05, 0.1) is 23.3 Å². The lowest BCUT2D eigenvalue weighted by Crippen LogP contribution is -2.39. The van der Waals surface area contributed by atoms with Gasteiger partial charge in [-0.2, -0.15) is 0 Å². The minimum atomic E-state index is -3.05. The largest absolute Gasteiger partial charge is 0.486 e. The molecular formula is C18H22N2O6S. The molecule has 1 N–H and O–H groups in total. The highest BCUT2D eigenvalue weighted by molar-refractivity contribution is 7.91. The van der Waals surface area contributed by atoms with Crippen molar-refractivity contribution >= 4 is 27.3 Å². The third kappa shape index (κ3) is 3.73. The third-order valence-corrected chi connectivity index (χ3v) is 7.11. The van der Waals surface area contributed by atoms with Gasteiger partial charge >= 0.3 is 0 Å². The van der Waals surface area contributed by atoms with Crippen LogP contribution >= 0.6 is 0 Å². The Morgan fingerprint density at radius 3 is 2.59 bits per heavy atom. The Hall–Kier alpha value is -2.29. The van der Waals surface area contributed by atoms with Crippen molar-refractivity contribution in [3.63, 3.8) is 0 Å². The van der Waals surface area contributed by atoms with Crippen molar-refractivity contribution < 1.29 is 27.5 Å². The molecule has 146 valence electrons. The number of carbonyl (C=O) groups excluding carboxylic acids is 2. The summed E-state index contributed by atoms with van der Waals surface area (Å²) in [5.74, 6) is 0.236. The highest BCUT2D eigenvalue weighted by atomic mass is 32.2.